The zero-order chi connectivity index (χ0) is 10.6. The minimum absolute atomic E-state index is 0. The molecule has 0 aromatic heterocycles. The summed E-state index contributed by atoms with van der Waals surface area (Å²) in [5, 5.41) is 0. The zero-order valence-corrected chi connectivity index (χ0v) is 13.6. The number of allylic oxidation sites excluding steroid dienone is 8. The summed E-state index contributed by atoms with van der Waals surface area (Å²) in [6.45, 7) is 8.67. The van der Waals surface area contributed by atoms with Crippen LogP contribution in [-0.2, 0) is 25.8 Å². The summed E-state index contributed by atoms with van der Waals surface area (Å²) < 4.78 is 0. The molecule has 1 unspecified atom stereocenters. The summed E-state index contributed by atoms with van der Waals surface area (Å²) >= 11 is 0. The molecular formula is C14H18Hf-2. The Morgan fingerprint density at radius 1 is 1.27 bits per heavy atom. The quantitative estimate of drug-likeness (QED) is 0.450. The van der Waals surface area contributed by atoms with E-state index in [1.54, 1.807) is 0 Å². The first kappa shape index (κ1) is 14.8. The van der Waals surface area contributed by atoms with Crippen LogP contribution in [0.3, 0.4) is 0 Å². The normalized spacial score (nSPS) is 22.1. The molecule has 0 spiro atoms. The number of rotatable bonds is 0. The van der Waals surface area contributed by atoms with Gasteiger partial charge in [-0.15, -0.1) is 13.3 Å². The molecule has 0 heterocycles. The molecule has 15 heavy (non-hydrogen) atoms. The summed E-state index contributed by atoms with van der Waals surface area (Å²) in [6.07, 6.45) is 13.4. The van der Waals surface area contributed by atoms with Crippen LogP contribution in [0.1, 0.15) is 34.1 Å². The second-order valence-corrected chi connectivity index (χ2v) is 3.80. The van der Waals surface area contributed by atoms with Crippen LogP contribution in [0.5, 0.6) is 0 Å². The Morgan fingerprint density at radius 3 is 2.07 bits per heavy atom. The average Bonchev–Trinajstić information content (AvgIpc) is 2.78. The van der Waals surface area contributed by atoms with Crippen LogP contribution in [-0.4, -0.2) is 0 Å². The number of hydrogen-bond acceptors (Lipinski definition) is 0. The topological polar surface area (TPSA) is 0 Å². The fourth-order valence-corrected chi connectivity index (χ4v) is 1.50. The van der Waals surface area contributed by atoms with E-state index in [9.17, 15) is 0 Å². The molecule has 2 aliphatic rings. The van der Waals surface area contributed by atoms with Crippen molar-refractivity contribution in [2.75, 3.05) is 0 Å². The molecule has 0 fully saturated rings. The second-order valence-electron chi connectivity index (χ2n) is 3.80. The molecule has 0 radical (unpaired) electrons. The van der Waals surface area contributed by atoms with Crippen LogP contribution in [0.25, 0.3) is 0 Å². The molecule has 0 saturated carbocycles. The molecule has 0 saturated heterocycles. The van der Waals surface area contributed by atoms with Crippen molar-refractivity contribution in [3.05, 3.63) is 47.1 Å². The Kier molecular flexibility index (Phi) is 7.08. The van der Waals surface area contributed by atoms with E-state index in [4.69, 9.17) is 0 Å². The van der Waals surface area contributed by atoms with Crippen molar-refractivity contribution in [2.24, 2.45) is 5.92 Å². The Morgan fingerprint density at radius 2 is 1.93 bits per heavy atom. The van der Waals surface area contributed by atoms with E-state index in [0.29, 0.717) is 5.92 Å². The molecule has 1 heteroatoms. The first-order valence-electron chi connectivity index (χ1n) is 5.12. The minimum Gasteiger partial charge on any atom is -0.273 e. The molecule has 0 aliphatic heterocycles. The van der Waals surface area contributed by atoms with Gasteiger partial charge in [0.05, 0.1) is 0 Å². The van der Waals surface area contributed by atoms with Gasteiger partial charge in [0, 0.05) is 25.8 Å². The van der Waals surface area contributed by atoms with E-state index >= 15 is 0 Å². The largest absolute Gasteiger partial charge is 0.273 e. The first-order chi connectivity index (χ1) is 6.63. The summed E-state index contributed by atoms with van der Waals surface area (Å²) in [5.41, 5.74) is 4.25. The van der Waals surface area contributed by atoms with Gasteiger partial charge < -0.3 is 0 Å². The van der Waals surface area contributed by atoms with Crippen molar-refractivity contribution in [1.82, 2.24) is 0 Å². The summed E-state index contributed by atoms with van der Waals surface area (Å²) in [5.74, 6) is 0.560. The monoisotopic (exact) mass is 366 g/mol. The van der Waals surface area contributed by atoms with Crippen LogP contribution in [0.15, 0.2) is 34.9 Å². The minimum atomic E-state index is 0. The molecule has 0 aromatic rings. The Hall–Kier alpha value is -0.170. The van der Waals surface area contributed by atoms with E-state index in [-0.39, 0.29) is 25.8 Å². The van der Waals surface area contributed by atoms with Gasteiger partial charge in [-0.05, 0) is 0 Å². The van der Waals surface area contributed by atoms with Crippen LogP contribution < -0.4 is 0 Å². The maximum absolute atomic E-state index is 3.36. The predicted molar refractivity (Wildman–Crippen MR) is 61.5 cm³/mol. The van der Waals surface area contributed by atoms with Gasteiger partial charge in [0.1, 0.15) is 0 Å². The third-order valence-electron chi connectivity index (χ3n) is 2.82. The maximum atomic E-state index is 3.36. The van der Waals surface area contributed by atoms with Crippen molar-refractivity contribution in [3.63, 3.8) is 0 Å². The Labute approximate surface area is 113 Å². The molecule has 0 aromatic carbocycles. The van der Waals surface area contributed by atoms with E-state index in [1.165, 1.54) is 16.7 Å². The summed E-state index contributed by atoms with van der Waals surface area (Å²) in [4.78, 5) is 0. The molecule has 80 valence electrons. The van der Waals surface area contributed by atoms with Gasteiger partial charge in [-0.1, -0.05) is 26.7 Å². The van der Waals surface area contributed by atoms with Gasteiger partial charge in [0.15, 0.2) is 0 Å². The fourth-order valence-electron chi connectivity index (χ4n) is 1.50. The van der Waals surface area contributed by atoms with Crippen LogP contribution >= 0.6 is 0 Å². The van der Waals surface area contributed by atoms with Gasteiger partial charge in [-0.2, -0.15) is 17.2 Å². The van der Waals surface area contributed by atoms with E-state index < -0.39 is 0 Å². The van der Waals surface area contributed by atoms with Gasteiger partial charge in [-0.25, -0.2) is 17.7 Å². The van der Waals surface area contributed by atoms with E-state index in [2.05, 4.69) is 45.9 Å². The van der Waals surface area contributed by atoms with E-state index in [1.807, 2.05) is 12.2 Å². The molecule has 0 amide bonds. The standard InChI is InChI=1S/C9H13.C5H5.Hf/c1-6-5-7(2)9(4)8(6)3;1-2-4-5-3-1;/h6H,1-4H3;1-3H,4H2;/q2*-1;. The van der Waals surface area contributed by atoms with Crippen LogP contribution in [0, 0.1) is 18.1 Å². The summed E-state index contributed by atoms with van der Waals surface area (Å²) in [6, 6.07) is 0. The second kappa shape index (κ2) is 7.16. The van der Waals surface area contributed by atoms with Gasteiger partial charge >= 0.3 is 0 Å². The molecule has 2 aliphatic carbocycles. The van der Waals surface area contributed by atoms with Gasteiger partial charge in [0.25, 0.3) is 0 Å². The smallest absolute Gasteiger partial charge is 0 e. The zero-order valence-electron chi connectivity index (χ0n) is 10.0. The van der Waals surface area contributed by atoms with Crippen LogP contribution in [0.2, 0.25) is 0 Å². The molecule has 2 rings (SSSR count). The summed E-state index contributed by atoms with van der Waals surface area (Å²) in [7, 11) is 0. The van der Waals surface area contributed by atoms with Crippen molar-refractivity contribution >= 4 is 0 Å². The SMILES string of the molecule is CC1=[C-]C(C)C(C)=C1C.[C-]1=CC=CC1.[Hf]. The van der Waals surface area contributed by atoms with Crippen LogP contribution in [0.4, 0.5) is 0 Å². The van der Waals surface area contributed by atoms with Gasteiger partial charge in [0.2, 0.25) is 0 Å². The van der Waals surface area contributed by atoms with Crippen molar-refractivity contribution in [1.29, 1.82) is 0 Å². The molecule has 0 nitrogen and oxygen atoms in total. The van der Waals surface area contributed by atoms with Crippen molar-refractivity contribution < 1.29 is 25.8 Å². The molecule has 1 atom stereocenters. The predicted octanol–water partition coefficient (Wildman–Crippen LogP) is 4.03. The average molecular weight is 365 g/mol. The Bertz CT molecular complexity index is 306. The molecule has 0 bridgehead atoms. The van der Waals surface area contributed by atoms with Crippen molar-refractivity contribution in [2.45, 2.75) is 34.1 Å². The van der Waals surface area contributed by atoms with E-state index in [0.717, 1.165) is 6.42 Å². The van der Waals surface area contributed by atoms with Gasteiger partial charge in [-0.3, -0.25) is 12.2 Å². The fraction of sp³-hybridized carbons (Fsp3) is 0.429. The Balaban J connectivity index is 0.000000280. The third kappa shape index (κ3) is 4.46. The maximum Gasteiger partial charge on any atom is 0 e. The molecule has 0 N–H and O–H groups in total. The first-order valence-corrected chi connectivity index (χ1v) is 5.12. The van der Waals surface area contributed by atoms with Crippen molar-refractivity contribution in [3.8, 4) is 0 Å². The molecular weight excluding hydrogens is 347 g/mol. The third-order valence-corrected chi connectivity index (χ3v) is 2.82. The number of hydrogen-bond donors (Lipinski definition) is 0.